The summed E-state index contributed by atoms with van der Waals surface area (Å²) in [5.74, 6) is 1.43. The Labute approximate surface area is 44.6 Å². The van der Waals surface area contributed by atoms with E-state index in [1.807, 2.05) is 0 Å². The average Bonchev–Trinajstić information content (AvgIpc) is 1.72. The van der Waals surface area contributed by atoms with E-state index in [0.717, 1.165) is 0 Å². The summed E-state index contributed by atoms with van der Waals surface area (Å²) in [4.78, 5) is 0. The minimum atomic E-state index is 1.22. The monoisotopic (exact) mass is 120 g/mol. The molecule has 0 aliphatic carbocycles. The normalized spacial score (nSPS) is 28.0. The fourth-order valence-electron chi connectivity index (χ4n) is 0.516. The van der Waals surface area contributed by atoms with Crippen LogP contribution in [0.5, 0.6) is 0 Å². The Balaban J connectivity index is 2.00. The summed E-state index contributed by atoms with van der Waals surface area (Å²) in [6, 6.07) is 0. The van der Waals surface area contributed by atoms with Gasteiger partial charge in [0.25, 0.3) is 0 Å². The van der Waals surface area contributed by atoms with Crippen LogP contribution in [0.15, 0.2) is 0 Å². The standard InChI is InChI=1S/C4H9PS/c1-2-4-6-5-3-1/h5H,1-4H2. The van der Waals surface area contributed by atoms with Gasteiger partial charge in [-0.3, -0.25) is 0 Å². The number of rotatable bonds is 0. The first kappa shape index (κ1) is 4.93. The van der Waals surface area contributed by atoms with Crippen LogP contribution in [0.1, 0.15) is 12.8 Å². The van der Waals surface area contributed by atoms with Gasteiger partial charge in [-0.05, 0) is 24.8 Å². The average molecular weight is 120 g/mol. The van der Waals surface area contributed by atoms with E-state index in [0.29, 0.717) is 0 Å². The summed E-state index contributed by atoms with van der Waals surface area (Å²) in [7, 11) is 1.22. The molecule has 1 unspecified atom stereocenters. The quantitative estimate of drug-likeness (QED) is 0.441. The SMILES string of the molecule is C1CCSPC1. The Morgan fingerprint density at radius 1 is 1.33 bits per heavy atom. The first-order valence-electron chi connectivity index (χ1n) is 2.35. The molecule has 1 aliphatic rings. The van der Waals surface area contributed by atoms with Crippen molar-refractivity contribution >= 4 is 19.2 Å². The van der Waals surface area contributed by atoms with E-state index in [2.05, 4.69) is 11.4 Å². The van der Waals surface area contributed by atoms with E-state index in [1.165, 1.54) is 32.5 Å². The molecule has 1 aliphatic heterocycles. The molecule has 36 valence electrons. The zero-order valence-corrected chi connectivity index (χ0v) is 5.55. The van der Waals surface area contributed by atoms with E-state index in [9.17, 15) is 0 Å². The number of hydrogen-bond acceptors (Lipinski definition) is 1. The third kappa shape index (κ3) is 1.49. The molecule has 0 aromatic carbocycles. The third-order valence-corrected chi connectivity index (χ3v) is 3.97. The van der Waals surface area contributed by atoms with Gasteiger partial charge in [-0.25, -0.2) is 0 Å². The molecule has 2 heteroatoms. The lowest BCUT2D eigenvalue weighted by Gasteiger charge is -2.05. The summed E-state index contributed by atoms with van der Waals surface area (Å²) in [6.07, 6.45) is 4.45. The van der Waals surface area contributed by atoms with Crippen molar-refractivity contribution < 1.29 is 0 Å². The molecular formula is C4H9PS. The predicted octanol–water partition coefficient (Wildman–Crippen LogP) is 2.11. The molecule has 0 spiro atoms. The largest absolute Gasteiger partial charge is 0.138 e. The van der Waals surface area contributed by atoms with Gasteiger partial charge in [0.2, 0.25) is 0 Å². The molecule has 1 atom stereocenters. The molecule has 1 rings (SSSR count). The maximum atomic E-state index is 2.12. The molecule has 0 amide bonds. The van der Waals surface area contributed by atoms with Crippen LogP contribution in [0.3, 0.4) is 0 Å². The molecule has 0 radical (unpaired) electrons. The summed E-state index contributed by atoms with van der Waals surface area (Å²) in [6.45, 7) is 0. The van der Waals surface area contributed by atoms with E-state index in [1.54, 1.807) is 0 Å². The van der Waals surface area contributed by atoms with Crippen LogP contribution < -0.4 is 0 Å². The van der Waals surface area contributed by atoms with Crippen LogP contribution in [0.4, 0.5) is 0 Å². The minimum Gasteiger partial charge on any atom is -0.138 e. The molecule has 0 bridgehead atoms. The van der Waals surface area contributed by atoms with Crippen molar-refractivity contribution in [3.8, 4) is 0 Å². The van der Waals surface area contributed by atoms with Gasteiger partial charge >= 0.3 is 0 Å². The lowest BCUT2D eigenvalue weighted by molar-refractivity contribution is 0.903. The van der Waals surface area contributed by atoms with Crippen LogP contribution in [0.2, 0.25) is 0 Å². The first-order chi connectivity index (χ1) is 3.00. The summed E-state index contributed by atoms with van der Waals surface area (Å²) in [5.41, 5.74) is 0. The van der Waals surface area contributed by atoms with E-state index < -0.39 is 0 Å². The number of hydrogen-bond donors (Lipinski definition) is 0. The van der Waals surface area contributed by atoms with Crippen LogP contribution in [0, 0.1) is 0 Å². The molecule has 0 N–H and O–H groups in total. The Hall–Kier alpha value is 0.780. The maximum Gasteiger partial charge on any atom is -0.00282 e. The second-order valence-electron chi connectivity index (χ2n) is 1.45. The summed E-state index contributed by atoms with van der Waals surface area (Å²) >= 11 is 2.12. The van der Waals surface area contributed by atoms with Crippen molar-refractivity contribution in [3.63, 3.8) is 0 Å². The van der Waals surface area contributed by atoms with Gasteiger partial charge in [-0.15, -0.1) is 11.4 Å². The van der Waals surface area contributed by atoms with Gasteiger partial charge in [0.05, 0.1) is 0 Å². The first-order valence-corrected chi connectivity index (χ1v) is 5.26. The second-order valence-corrected chi connectivity index (χ2v) is 4.67. The van der Waals surface area contributed by atoms with Crippen molar-refractivity contribution in [2.45, 2.75) is 12.8 Å². The van der Waals surface area contributed by atoms with Crippen molar-refractivity contribution in [3.05, 3.63) is 0 Å². The van der Waals surface area contributed by atoms with Crippen LogP contribution in [-0.4, -0.2) is 11.9 Å². The molecule has 0 nitrogen and oxygen atoms in total. The predicted molar refractivity (Wildman–Crippen MR) is 34.9 cm³/mol. The van der Waals surface area contributed by atoms with Gasteiger partial charge in [-0.2, -0.15) is 0 Å². The fraction of sp³-hybridized carbons (Fsp3) is 1.00. The van der Waals surface area contributed by atoms with Crippen LogP contribution in [-0.2, 0) is 0 Å². The minimum absolute atomic E-state index is 1.22. The van der Waals surface area contributed by atoms with Gasteiger partial charge in [0, 0.05) is 0 Å². The highest BCUT2D eigenvalue weighted by molar-refractivity contribution is 8.49. The highest BCUT2D eigenvalue weighted by Gasteiger charge is 1.95. The van der Waals surface area contributed by atoms with Gasteiger partial charge in [0.15, 0.2) is 0 Å². The topological polar surface area (TPSA) is 0 Å². The highest BCUT2D eigenvalue weighted by Crippen LogP contribution is 2.35. The van der Waals surface area contributed by atoms with E-state index in [-0.39, 0.29) is 0 Å². The summed E-state index contributed by atoms with van der Waals surface area (Å²) in [5, 5.41) is 0. The molecule has 1 heterocycles. The van der Waals surface area contributed by atoms with Crippen LogP contribution >= 0.6 is 19.2 Å². The Morgan fingerprint density at radius 3 is 2.50 bits per heavy atom. The lowest BCUT2D eigenvalue weighted by Crippen LogP contribution is -1.84. The molecular weight excluding hydrogens is 111 g/mol. The Kier molecular flexibility index (Phi) is 2.36. The van der Waals surface area contributed by atoms with Crippen molar-refractivity contribution in [2.24, 2.45) is 0 Å². The van der Waals surface area contributed by atoms with Crippen LogP contribution in [0.25, 0.3) is 0 Å². The zero-order chi connectivity index (χ0) is 4.24. The second kappa shape index (κ2) is 2.87. The molecule has 0 saturated carbocycles. The maximum absolute atomic E-state index is 2.12. The van der Waals surface area contributed by atoms with Crippen molar-refractivity contribution in [1.29, 1.82) is 0 Å². The summed E-state index contributed by atoms with van der Waals surface area (Å²) < 4.78 is 0. The molecule has 0 aromatic rings. The highest BCUT2D eigenvalue weighted by atomic mass is 32.7. The Bertz CT molecular complexity index is 23.0. The molecule has 0 aromatic heterocycles. The molecule has 1 fully saturated rings. The van der Waals surface area contributed by atoms with E-state index >= 15 is 0 Å². The third-order valence-electron chi connectivity index (χ3n) is 0.877. The Morgan fingerprint density at radius 2 is 2.33 bits per heavy atom. The van der Waals surface area contributed by atoms with Gasteiger partial charge in [-0.1, -0.05) is 7.78 Å². The molecule has 1 saturated heterocycles. The van der Waals surface area contributed by atoms with Gasteiger partial charge in [0.1, 0.15) is 0 Å². The van der Waals surface area contributed by atoms with Crippen molar-refractivity contribution in [1.82, 2.24) is 0 Å². The zero-order valence-electron chi connectivity index (χ0n) is 3.74. The van der Waals surface area contributed by atoms with Crippen molar-refractivity contribution in [2.75, 3.05) is 11.9 Å². The lowest BCUT2D eigenvalue weighted by atomic mass is 10.4. The molecule has 6 heavy (non-hydrogen) atoms. The smallest absolute Gasteiger partial charge is 0.00282 e. The van der Waals surface area contributed by atoms with E-state index in [4.69, 9.17) is 0 Å². The fourth-order valence-corrected chi connectivity index (χ4v) is 3.28. The van der Waals surface area contributed by atoms with Gasteiger partial charge < -0.3 is 0 Å².